The maximum absolute atomic E-state index is 13.0. The number of aryl methyl sites for hydroxylation is 2. The van der Waals surface area contributed by atoms with Crippen molar-refractivity contribution in [1.29, 1.82) is 0 Å². The number of imide groups is 1. The summed E-state index contributed by atoms with van der Waals surface area (Å²) in [6, 6.07) is 5.86. The molecule has 0 aliphatic carbocycles. The zero-order chi connectivity index (χ0) is 23.3. The lowest BCUT2D eigenvalue weighted by atomic mass is 10.00. The van der Waals surface area contributed by atoms with E-state index in [1.165, 1.54) is 0 Å². The SMILES string of the molecule is CCCCCCC(=O)CN1C(=O)SC(=C2CCN(C(=O)c3cc(C)ccc3C)CC2)C1=O. The van der Waals surface area contributed by atoms with Gasteiger partial charge in [0.15, 0.2) is 5.78 Å². The summed E-state index contributed by atoms with van der Waals surface area (Å²) in [7, 11) is 0. The molecule has 2 aliphatic heterocycles. The highest BCUT2D eigenvalue weighted by Gasteiger charge is 2.38. The Balaban J connectivity index is 1.59. The molecule has 0 spiro atoms. The Bertz CT molecular complexity index is 943. The molecule has 1 aromatic carbocycles. The molecule has 0 bridgehead atoms. The highest BCUT2D eigenvalue weighted by molar-refractivity contribution is 8.18. The number of nitrogens with zero attached hydrogens (tertiary/aromatic N) is 2. The molecule has 2 fully saturated rings. The van der Waals surface area contributed by atoms with Gasteiger partial charge in [-0.25, -0.2) is 0 Å². The second kappa shape index (κ2) is 10.9. The normalized spacial score (nSPS) is 16.8. The summed E-state index contributed by atoms with van der Waals surface area (Å²) < 4.78 is 0. The van der Waals surface area contributed by atoms with Crippen molar-refractivity contribution in [3.63, 3.8) is 0 Å². The van der Waals surface area contributed by atoms with E-state index in [1.54, 1.807) is 0 Å². The van der Waals surface area contributed by atoms with Gasteiger partial charge in [0.25, 0.3) is 17.1 Å². The smallest absolute Gasteiger partial charge is 0.293 e. The number of rotatable bonds is 8. The van der Waals surface area contributed by atoms with Crippen molar-refractivity contribution < 1.29 is 19.2 Å². The molecule has 3 amide bonds. The van der Waals surface area contributed by atoms with E-state index >= 15 is 0 Å². The summed E-state index contributed by atoms with van der Waals surface area (Å²) in [4.78, 5) is 53.8. The Morgan fingerprint density at radius 1 is 1.03 bits per heavy atom. The van der Waals surface area contributed by atoms with Crippen LogP contribution >= 0.6 is 11.8 Å². The van der Waals surface area contributed by atoms with Gasteiger partial charge in [-0.05, 0) is 62.1 Å². The van der Waals surface area contributed by atoms with Gasteiger partial charge in [0.05, 0.1) is 11.4 Å². The molecule has 0 atom stereocenters. The summed E-state index contributed by atoms with van der Waals surface area (Å²) in [6.45, 7) is 6.91. The van der Waals surface area contributed by atoms with Crippen molar-refractivity contribution in [2.75, 3.05) is 19.6 Å². The van der Waals surface area contributed by atoms with Crippen LogP contribution in [-0.2, 0) is 9.59 Å². The predicted octanol–water partition coefficient (Wildman–Crippen LogP) is 5.03. The first-order chi connectivity index (χ1) is 15.3. The van der Waals surface area contributed by atoms with E-state index in [1.807, 2.05) is 36.9 Å². The van der Waals surface area contributed by atoms with Crippen molar-refractivity contribution in [3.05, 3.63) is 45.4 Å². The van der Waals surface area contributed by atoms with Crippen LogP contribution in [0, 0.1) is 13.8 Å². The van der Waals surface area contributed by atoms with Gasteiger partial charge in [0.2, 0.25) is 0 Å². The molecule has 1 aromatic rings. The van der Waals surface area contributed by atoms with Gasteiger partial charge in [-0.2, -0.15) is 0 Å². The third-order valence-corrected chi connectivity index (χ3v) is 7.15. The van der Waals surface area contributed by atoms with Crippen LogP contribution in [0.4, 0.5) is 4.79 Å². The van der Waals surface area contributed by atoms with Crippen LogP contribution in [0.1, 0.15) is 73.4 Å². The van der Waals surface area contributed by atoms with Gasteiger partial charge < -0.3 is 4.90 Å². The third-order valence-electron chi connectivity index (χ3n) is 6.09. The number of likely N-dealkylation sites (tertiary alicyclic amines) is 1. The predicted molar refractivity (Wildman–Crippen MR) is 127 cm³/mol. The fourth-order valence-corrected chi connectivity index (χ4v) is 5.08. The minimum Gasteiger partial charge on any atom is -0.338 e. The molecule has 0 N–H and O–H groups in total. The molecule has 2 aliphatic rings. The third kappa shape index (κ3) is 5.68. The van der Waals surface area contributed by atoms with E-state index in [2.05, 4.69) is 6.92 Å². The summed E-state index contributed by atoms with van der Waals surface area (Å²) in [5, 5.41) is -0.367. The van der Waals surface area contributed by atoms with Crippen molar-refractivity contribution in [1.82, 2.24) is 9.80 Å². The molecular formula is C25H32N2O4S. The van der Waals surface area contributed by atoms with Crippen LogP contribution in [0.15, 0.2) is 28.7 Å². The minimum absolute atomic E-state index is 0.00650. The van der Waals surface area contributed by atoms with Crippen molar-refractivity contribution >= 4 is 34.6 Å². The Morgan fingerprint density at radius 2 is 1.75 bits per heavy atom. The maximum atomic E-state index is 13.0. The van der Waals surface area contributed by atoms with Gasteiger partial charge in [0, 0.05) is 25.1 Å². The van der Waals surface area contributed by atoms with Crippen LogP contribution in [0.25, 0.3) is 0 Å². The molecular weight excluding hydrogens is 424 g/mol. The molecule has 172 valence electrons. The number of unbranched alkanes of at least 4 members (excludes halogenated alkanes) is 3. The van der Waals surface area contributed by atoms with Crippen molar-refractivity contribution in [2.24, 2.45) is 0 Å². The van der Waals surface area contributed by atoms with Gasteiger partial charge in [-0.1, -0.05) is 43.9 Å². The second-order valence-corrected chi connectivity index (χ2v) is 9.61. The number of hydrogen-bond acceptors (Lipinski definition) is 5. The number of hydrogen-bond donors (Lipinski definition) is 0. The molecule has 2 heterocycles. The number of amides is 3. The quantitative estimate of drug-likeness (QED) is 0.405. The molecule has 0 saturated carbocycles. The van der Waals surface area contributed by atoms with E-state index in [0.717, 1.165) is 59.0 Å². The van der Waals surface area contributed by atoms with Crippen LogP contribution in [0.2, 0.25) is 0 Å². The molecule has 2 saturated heterocycles. The summed E-state index contributed by atoms with van der Waals surface area (Å²) in [6.07, 6.45) is 5.51. The topological polar surface area (TPSA) is 74.8 Å². The molecule has 0 unspecified atom stereocenters. The highest BCUT2D eigenvalue weighted by Crippen LogP contribution is 2.36. The number of Topliss-reactive ketones (excluding diaryl/α,β-unsaturated/α-hetero) is 1. The lowest BCUT2D eigenvalue weighted by Crippen LogP contribution is -2.37. The first kappa shape index (κ1) is 24.2. The largest absolute Gasteiger partial charge is 0.338 e. The first-order valence-corrected chi connectivity index (χ1v) is 12.3. The summed E-state index contributed by atoms with van der Waals surface area (Å²) in [5.41, 5.74) is 3.62. The Kier molecular flexibility index (Phi) is 8.29. The summed E-state index contributed by atoms with van der Waals surface area (Å²) in [5.74, 6) is -0.415. The van der Waals surface area contributed by atoms with Gasteiger partial charge in [0.1, 0.15) is 0 Å². The fraction of sp³-hybridized carbons (Fsp3) is 0.520. The van der Waals surface area contributed by atoms with Crippen molar-refractivity contribution in [2.45, 2.75) is 65.7 Å². The lowest BCUT2D eigenvalue weighted by molar-refractivity contribution is -0.128. The van der Waals surface area contributed by atoms with Crippen molar-refractivity contribution in [3.8, 4) is 0 Å². The second-order valence-electron chi connectivity index (χ2n) is 8.65. The monoisotopic (exact) mass is 456 g/mol. The molecule has 7 heteroatoms. The number of carbonyl (C=O) groups excluding carboxylic acids is 4. The van der Waals surface area contributed by atoms with Gasteiger partial charge in [-0.3, -0.25) is 24.1 Å². The lowest BCUT2D eigenvalue weighted by Gasteiger charge is -2.29. The maximum Gasteiger partial charge on any atom is 0.293 e. The standard InChI is InChI=1S/C25H32N2O4S/c1-4-5-6-7-8-20(28)16-27-24(30)22(32-25(27)31)19-11-13-26(14-12-19)23(29)21-15-17(2)9-10-18(21)3/h9-10,15H,4-8,11-14,16H2,1-3H3. The molecule has 6 nitrogen and oxygen atoms in total. The van der Waals surface area contributed by atoms with Crippen LogP contribution in [0.3, 0.4) is 0 Å². The average molecular weight is 457 g/mol. The van der Waals surface area contributed by atoms with E-state index < -0.39 is 0 Å². The van der Waals surface area contributed by atoms with Crippen LogP contribution < -0.4 is 0 Å². The molecule has 0 aromatic heterocycles. The van der Waals surface area contributed by atoms with Gasteiger partial charge >= 0.3 is 0 Å². The molecule has 0 radical (unpaired) electrons. The number of benzene rings is 1. The number of ketones is 1. The number of piperidine rings is 1. The number of thioether (sulfide) groups is 1. The highest BCUT2D eigenvalue weighted by atomic mass is 32.2. The average Bonchev–Trinajstić information content (AvgIpc) is 3.06. The summed E-state index contributed by atoms with van der Waals surface area (Å²) >= 11 is 0.934. The van der Waals surface area contributed by atoms with E-state index in [-0.39, 0.29) is 29.4 Å². The Hall–Kier alpha value is -2.41. The zero-order valence-corrected chi connectivity index (χ0v) is 20.1. The Morgan fingerprint density at radius 3 is 2.44 bits per heavy atom. The van der Waals surface area contributed by atoms with Crippen LogP contribution in [0.5, 0.6) is 0 Å². The first-order valence-electron chi connectivity index (χ1n) is 11.5. The van der Waals surface area contributed by atoms with E-state index in [0.29, 0.717) is 42.8 Å². The fourth-order valence-electron chi connectivity index (χ4n) is 4.10. The van der Waals surface area contributed by atoms with Gasteiger partial charge in [-0.15, -0.1) is 0 Å². The molecule has 32 heavy (non-hydrogen) atoms. The van der Waals surface area contributed by atoms with Crippen LogP contribution in [-0.4, -0.2) is 52.3 Å². The Labute approximate surface area is 194 Å². The number of carbonyl (C=O) groups is 4. The van der Waals surface area contributed by atoms with E-state index in [4.69, 9.17) is 0 Å². The minimum atomic E-state index is -0.367. The zero-order valence-electron chi connectivity index (χ0n) is 19.2. The van der Waals surface area contributed by atoms with E-state index in [9.17, 15) is 19.2 Å². The molecule has 3 rings (SSSR count).